The lowest BCUT2D eigenvalue weighted by Crippen LogP contribution is -2.46. The van der Waals surface area contributed by atoms with Gasteiger partial charge in [0.15, 0.2) is 0 Å². The number of rotatable bonds is 4. The lowest BCUT2D eigenvalue weighted by Gasteiger charge is -2.35. The summed E-state index contributed by atoms with van der Waals surface area (Å²) in [5.74, 6) is -0.714. The first-order chi connectivity index (χ1) is 15.5. The Bertz CT molecular complexity index is 1210. The van der Waals surface area contributed by atoms with Crippen LogP contribution in [0.3, 0.4) is 0 Å². The van der Waals surface area contributed by atoms with Gasteiger partial charge in [0.1, 0.15) is 5.82 Å². The van der Waals surface area contributed by atoms with Gasteiger partial charge >= 0.3 is 12.1 Å². The van der Waals surface area contributed by atoms with Crippen LogP contribution in [0.2, 0.25) is 0 Å². The summed E-state index contributed by atoms with van der Waals surface area (Å²) in [4.78, 5) is 12.4. The van der Waals surface area contributed by atoms with Gasteiger partial charge in [-0.15, -0.1) is 0 Å². The van der Waals surface area contributed by atoms with Gasteiger partial charge in [0.25, 0.3) is 0 Å². The number of hydrogen-bond donors (Lipinski definition) is 0. The van der Waals surface area contributed by atoms with Crippen LogP contribution in [-0.4, -0.2) is 46.2 Å². The predicted octanol–water partition coefficient (Wildman–Crippen LogP) is 4.63. The molecular weight excluding hydrogens is 419 g/mol. The highest BCUT2D eigenvalue weighted by atomic mass is 19.4. The molecule has 0 amide bonds. The van der Waals surface area contributed by atoms with Gasteiger partial charge in [-0.3, -0.25) is 4.90 Å². The van der Waals surface area contributed by atoms with Crippen LogP contribution in [0.15, 0.2) is 65.3 Å². The van der Waals surface area contributed by atoms with E-state index in [0.717, 1.165) is 38.5 Å². The zero-order valence-corrected chi connectivity index (χ0v) is 17.1. The molecule has 5 rings (SSSR count). The molecule has 6 nitrogen and oxygen atoms in total. The molecule has 0 radical (unpaired) electrons. The Labute approximate surface area is 182 Å². The van der Waals surface area contributed by atoms with Gasteiger partial charge < -0.3 is 9.42 Å². The first-order valence-corrected chi connectivity index (χ1v) is 10.3. The summed E-state index contributed by atoms with van der Waals surface area (Å²) in [6.07, 6.45) is -3.19. The maximum absolute atomic E-state index is 12.6. The Morgan fingerprint density at radius 1 is 0.906 bits per heavy atom. The monoisotopic (exact) mass is 439 g/mol. The highest BCUT2D eigenvalue weighted by Crippen LogP contribution is 2.29. The molecule has 0 aliphatic carbocycles. The number of fused-ring (bicyclic) bond motifs is 1. The number of nitrogens with zero attached hydrogens (tertiary/aromatic N) is 5. The first-order valence-electron chi connectivity index (χ1n) is 10.3. The molecule has 0 N–H and O–H groups in total. The molecular formula is C23H20F3N5O. The summed E-state index contributed by atoms with van der Waals surface area (Å²) >= 11 is 0. The largest absolute Gasteiger partial charge is 0.471 e. The van der Waals surface area contributed by atoms with Gasteiger partial charge in [-0.25, -0.2) is 4.98 Å². The normalized spacial score (nSPS) is 15.4. The molecule has 1 fully saturated rings. The van der Waals surface area contributed by atoms with E-state index in [-0.39, 0.29) is 5.82 Å². The quantitative estimate of drug-likeness (QED) is 0.462. The van der Waals surface area contributed by atoms with E-state index in [2.05, 4.69) is 65.8 Å². The first kappa shape index (κ1) is 20.4. The molecule has 4 aromatic rings. The summed E-state index contributed by atoms with van der Waals surface area (Å²) in [5.41, 5.74) is 1.67. The number of benzene rings is 2. The minimum Gasteiger partial charge on any atom is -0.354 e. The fourth-order valence-corrected chi connectivity index (χ4v) is 3.89. The van der Waals surface area contributed by atoms with Crippen molar-refractivity contribution in [3.63, 3.8) is 0 Å². The van der Waals surface area contributed by atoms with Crippen LogP contribution in [0.4, 0.5) is 19.0 Å². The SMILES string of the molecule is FC(F)(F)c1nc(-c2ccc(N3CCN(Cc4ccc5ccccc5c4)CC3)nc2)no1. The fraction of sp³-hybridized carbons (Fsp3) is 0.261. The molecule has 9 heteroatoms. The van der Waals surface area contributed by atoms with Crippen LogP contribution in [0, 0.1) is 0 Å². The number of aromatic nitrogens is 3. The Morgan fingerprint density at radius 3 is 2.38 bits per heavy atom. The van der Waals surface area contributed by atoms with Crippen LogP contribution in [0.25, 0.3) is 22.2 Å². The number of hydrogen-bond acceptors (Lipinski definition) is 6. The lowest BCUT2D eigenvalue weighted by molar-refractivity contribution is -0.159. The zero-order valence-electron chi connectivity index (χ0n) is 17.1. The molecule has 0 atom stereocenters. The Kier molecular flexibility index (Phi) is 5.26. The minimum absolute atomic E-state index is 0.128. The summed E-state index contributed by atoms with van der Waals surface area (Å²) in [5, 5.41) is 5.89. The molecule has 0 spiro atoms. The van der Waals surface area contributed by atoms with E-state index < -0.39 is 12.1 Å². The maximum atomic E-state index is 12.6. The van der Waals surface area contributed by atoms with E-state index in [1.54, 1.807) is 12.1 Å². The van der Waals surface area contributed by atoms with E-state index >= 15 is 0 Å². The van der Waals surface area contributed by atoms with Gasteiger partial charge in [0, 0.05) is 44.5 Å². The van der Waals surface area contributed by atoms with Crippen molar-refractivity contribution >= 4 is 16.6 Å². The number of alkyl halides is 3. The summed E-state index contributed by atoms with van der Waals surface area (Å²) in [6.45, 7) is 4.33. The van der Waals surface area contributed by atoms with Crippen molar-refractivity contribution in [1.29, 1.82) is 0 Å². The molecule has 1 aliphatic rings. The van der Waals surface area contributed by atoms with Gasteiger partial charge in [-0.1, -0.05) is 41.6 Å². The van der Waals surface area contributed by atoms with Gasteiger partial charge in [-0.05, 0) is 34.5 Å². The van der Waals surface area contributed by atoms with Crippen molar-refractivity contribution in [2.45, 2.75) is 12.7 Å². The molecule has 1 saturated heterocycles. The molecule has 2 aromatic carbocycles. The molecule has 0 bridgehead atoms. The van der Waals surface area contributed by atoms with Crippen molar-refractivity contribution in [2.24, 2.45) is 0 Å². The van der Waals surface area contributed by atoms with Crippen molar-refractivity contribution in [1.82, 2.24) is 20.0 Å². The van der Waals surface area contributed by atoms with Crippen molar-refractivity contribution in [2.75, 3.05) is 31.1 Å². The third kappa shape index (κ3) is 4.29. The smallest absolute Gasteiger partial charge is 0.354 e. The summed E-state index contributed by atoms with van der Waals surface area (Å²) in [7, 11) is 0. The summed E-state index contributed by atoms with van der Waals surface area (Å²) < 4.78 is 42.2. The zero-order chi connectivity index (χ0) is 22.1. The molecule has 0 saturated carbocycles. The molecule has 3 heterocycles. The minimum atomic E-state index is -4.66. The highest BCUT2D eigenvalue weighted by molar-refractivity contribution is 5.82. The van der Waals surface area contributed by atoms with Crippen LogP contribution < -0.4 is 4.90 Å². The lowest BCUT2D eigenvalue weighted by atomic mass is 10.1. The molecule has 0 unspecified atom stereocenters. The van der Waals surface area contributed by atoms with Gasteiger partial charge in [-0.2, -0.15) is 18.2 Å². The van der Waals surface area contributed by atoms with Crippen LogP contribution in [0.1, 0.15) is 11.5 Å². The Morgan fingerprint density at radius 2 is 1.69 bits per heavy atom. The second-order valence-corrected chi connectivity index (χ2v) is 7.77. The number of pyridine rings is 1. The molecule has 1 aliphatic heterocycles. The van der Waals surface area contributed by atoms with E-state index in [4.69, 9.17) is 0 Å². The van der Waals surface area contributed by atoms with Gasteiger partial charge in [0.05, 0.1) is 0 Å². The van der Waals surface area contributed by atoms with Crippen LogP contribution in [-0.2, 0) is 12.7 Å². The second kappa shape index (κ2) is 8.23. The Hall–Kier alpha value is -3.46. The standard InChI is InChI=1S/C23H20F3N5O/c24-23(25,26)22-28-21(29-32-22)19-7-8-20(27-14-19)31-11-9-30(10-12-31)15-16-5-6-17-3-1-2-4-18(17)13-16/h1-8,13-14H,9-12,15H2. The average molecular weight is 439 g/mol. The van der Waals surface area contributed by atoms with Crippen LogP contribution in [0.5, 0.6) is 0 Å². The maximum Gasteiger partial charge on any atom is 0.471 e. The van der Waals surface area contributed by atoms with Crippen LogP contribution >= 0.6 is 0 Å². The molecule has 164 valence electrons. The number of anilines is 1. The second-order valence-electron chi connectivity index (χ2n) is 7.77. The van der Waals surface area contributed by atoms with Crippen molar-refractivity contribution < 1.29 is 17.7 Å². The van der Waals surface area contributed by atoms with E-state index in [1.807, 2.05) is 6.07 Å². The van der Waals surface area contributed by atoms with E-state index in [0.29, 0.717) is 5.56 Å². The van der Waals surface area contributed by atoms with Crippen molar-refractivity contribution in [3.05, 3.63) is 72.2 Å². The fourth-order valence-electron chi connectivity index (χ4n) is 3.89. The third-order valence-corrected chi connectivity index (χ3v) is 5.59. The summed E-state index contributed by atoms with van der Waals surface area (Å²) in [6, 6.07) is 18.4. The van der Waals surface area contributed by atoms with E-state index in [9.17, 15) is 13.2 Å². The molecule has 2 aromatic heterocycles. The Balaban J connectivity index is 1.20. The third-order valence-electron chi connectivity index (χ3n) is 5.59. The topological polar surface area (TPSA) is 58.3 Å². The van der Waals surface area contributed by atoms with E-state index in [1.165, 1.54) is 22.5 Å². The molecule has 32 heavy (non-hydrogen) atoms. The van der Waals surface area contributed by atoms with Crippen molar-refractivity contribution in [3.8, 4) is 11.4 Å². The predicted molar refractivity (Wildman–Crippen MR) is 114 cm³/mol. The average Bonchev–Trinajstić information content (AvgIpc) is 3.31. The number of halogens is 3. The van der Waals surface area contributed by atoms with Gasteiger partial charge in [0.2, 0.25) is 5.82 Å². The highest BCUT2D eigenvalue weighted by Gasteiger charge is 2.38. The number of piperazine rings is 1.